The van der Waals surface area contributed by atoms with Crippen LogP contribution in [0.5, 0.6) is 11.5 Å². The Bertz CT molecular complexity index is 1150. The maximum absolute atomic E-state index is 12.9. The minimum atomic E-state index is -0.373. The average Bonchev–Trinajstić information content (AvgIpc) is 3.35. The van der Waals surface area contributed by atoms with Gasteiger partial charge in [-0.3, -0.25) is 14.3 Å². The van der Waals surface area contributed by atoms with Gasteiger partial charge in [-0.25, -0.2) is 4.89 Å². The molecule has 0 bridgehead atoms. The molecule has 3 aromatic rings. The number of hydrogen-bond acceptors (Lipinski definition) is 7. The monoisotopic (exact) mass is 454 g/mol. The number of nitrogens with zero attached hydrogens (tertiary/aromatic N) is 3. The van der Waals surface area contributed by atoms with Crippen molar-refractivity contribution in [2.75, 3.05) is 19.0 Å². The largest absolute Gasteiger partial charge is 0.457 e. The minimum absolute atomic E-state index is 0.122. The molecule has 0 fully saturated rings. The first-order valence-electron chi connectivity index (χ1n) is 9.91. The molecule has 2 aromatic carbocycles. The van der Waals surface area contributed by atoms with Gasteiger partial charge < -0.3 is 15.0 Å². The lowest BCUT2D eigenvalue weighted by atomic mass is 10.0. The summed E-state index contributed by atoms with van der Waals surface area (Å²) in [7, 11) is 3.20. The van der Waals surface area contributed by atoms with Crippen LogP contribution in [-0.2, 0) is 22.8 Å². The Kier molecular flexibility index (Phi) is 6.45. The summed E-state index contributed by atoms with van der Waals surface area (Å²) in [5.74, 6) is 0.962. The lowest BCUT2D eigenvalue weighted by Crippen LogP contribution is -2.23. The molecule has 0 unspecified atom stereocenters. The van der Waals surface area contributed by atoms with Gasteiger partial charge in [-0.2, -0.15) is 9.43 Å². The normalized spacial score (nSPS) is 12.7. The van der Waals surface area contributed by atoms with E-state index in [1.807, 2.05) is 19.1 Å². The van der Waals surface area contributed by atoms with Crippen molar-refractivity contribution in [3.63, 3.8) is 0 Å². The zero-order chi connectivity index (χ0) is 22.7. The van der Waals surface area contributed by atoms with Crippen molar-refractivity contribution in [3.8, 4) is 11.5 Å². The van der Waals surface area contributed by atoms with E-state index in [0.29, 0.717) is 41.5 Å². The fourth-order valence-corrected chi connectivity index (χ4v) is 3.74. The van der Waals surface area contributed by atoms with E-state index >= 15 is 0 Å². The third-order valence-electron chi connectivity index (χ3n) is 4.92. The van der Waals surface area contributed by atoms with E-state index in [1.54, 1.807) is 53.2 Å². The quantitative estimate of drug-likeness (QED) is 0.312. The Balaban J connectivity index is 1.64. The summed E-state index contributed by atoms with van der Waals surface area (Å²) >= 11 is 1.08. The Labute approximate surface area is 189 Å². The van der Waals surface area contributed by atoms with Crippen LogP contribution in [0.15, 0.2) is 53.6 Å². The Morgan fingerprint density at radius 3 is 2.66 bits per heavy atom. The second-order valence-electron chi connectivity index (χ2n) is 7.04. The topological polar surface area (TPSA) is 94.9 Å². The Morgan fingerprint density at radius 1 is 1.22 bits per heavy atom. The van der Waals surface area contributed by atoms with Gasteiger partial charge in [0.15, 0.2) is 5.82 Å². The number of hydrogen-bond donors (Lipinski definition) is 1. The third kappa shape index (κ3) is 4.62. The van der Waals surface area contributed by atoms with E-state index in [2.05, 4.69) is 15.3 Å². The zero-order valence-electron chi connectivity index (χ0n) is 17.8. The molecule has 0 spiro atoms. The molecule has 32 heavy (non-hydrogen) atoms. The highest BCUT2D eigenvalue weighted by molar-refractivity contribution is 7.94. The highest BCUT2D eigenvalue weighted by Gasteiger charge is 2.31. The molecule has 1 aromatic heterocycles. The van der Waals surface area contributed by atoms with Crippen molar-refractivity contribution in [1.29, 1.82) is 0 Å². The lowest BCUT2D eigenvalue weighted by Gasteiger charge is -2.13. The summed E-state index contributed by atoms with van der Waals surface area (Å²) in [4.78, 5) is 32.8. The predicted octanol–water partition coefficient (Wildman–Crippen LogP) is 4.03. The smallest absolute Gasteiger partial charge is 0.257 e. The highest BCUT2D eigenvalue weighted by atomic mass is 32.2. The first-order valence-corrected chi connectivity index (χ1v) is 10.6. The van der Waals surface area contributed by atoms with E-state index in [1.165, 1.54) is 7.11 Å². The number of carbonyl (C=O) groups excluding carboxylic acids is 2. The van der Waals surface area contributed by atoms with Crippen LogP contribution in [0.25, 0.3) is 0 Å². The number of anilines is 1. The number of amides is 2. The van der Waals surface area contributed by atoms with Crippen LogP contribution in [0.3, 0.4) is 0 Å². The first-order chi connectivity index (χ1) is 15.5. The van der Waals surface area contributed by atoms with Crippen molar-refractivity contribution in [3.05, 3.63) is 65.4 Å². The molecule has 166 valence electrons. The number of aryl methyl sites for hydroxylation is 1. The lowest BCUT2D eigenvalue weighted by molar-refractivity contribution is -0.160. The standard InChI is InChI=1S/C22H22N4O5S/c1-4-26-13-18-17(22(26)28)11-14(21(27)23-20-9-10-25(2)24-20)12-19(18)30-15-5-7-16(8-6-15)32-31-29-3/h5-12H,4,13H2,1-3H3,(H,23,24,27). The van der Waals surface area contributed by atoms with Crippen LogP contribution in [0.4, 0.5) is 5.82 Å². The number of nitrogens with one attached hydrogen (secondary N) is 1. The molecule has 0 saturated heterocycles. The van der Waals surface area contributed by atoms with Gasteiger partial charge in [0.2, 0.25) is 0 Å². The summed E-state index contributed by atoms with van der Waals surface area (Å²) < 4.78 is 12.5. The average molecular weight is 455 g/mol. The molecule has 1 aliphatic heterocycles. The maximum atomic E-state index is 12.9. The van der Waals surface area contributed by atoms with Gasteiger partial charge in [0.25, 0.3) is 11.8 Å². The summed E-state index contributed by atoms with van der Waals surface area (Å²) in [5.41, 5.74) is 1.54. The van der Waals surface area contributed by atoms with Crippen molar-refractivity contribution < 1.29 is 23.5 Å². The van der Waals surface area contributed by atoms with Crippen LogP contribution >= 0.6 is 12.0 Å². The van der Waals surface area contributed by atoms with E-state index in [9.17, 15) is 9.59 Å². The molecule has 2 amide bonds. The van der Waals surface area contributed by atoms with Crippen LogP contribution < -0.4 is 10.1 Å². The van der Waals surface area contributed by atoms with E-state index in [4.69, 9.17) is 9.07 Å². The Hall–Kier alpha value is -3.34. The van der Waals surface area contributed by atoms with Crippen molar-refractivity contribution in [2.24, 2.45) is 7.05 Å². The summed E-state index contributed by atoms with van der Waals surface area (Å²) in [5, 5.41) is 6.91. The molecular weight excluding hydrogens is 432 g/mol. The molecule has 0 radical (unpaired) electrons. The number of rotatable bonds is 8. The van der Waals surface area contributed by atoms with Gasteiger partial charge >= 0.3 is 0 Å². The second-order valence-corrected chi connectivity index (χ2v) is 7.81. The van der Waals surface area contributed by atoms with Gasteiger partial charge in [-0.15, -0.1) is 0 Å². The molecular formula is C22H22N4O5S. The van der Waals surface area contributed by atoms with Crippen LogP contribution in [0, 0.1) is 0 Å². The van der Waals surface area contributed by atoms with Gasteiger partial charge in [0, 0.05) is 47.4 Å². The molecule has 9 nitrogen and oxygen atoms in total. The maximum Gasteiger partial charge on any atom is 0.257 e. The van der Waals surface area contributed by atoms with E-state index in [-0.39, 0.29) is 11.8 Å². The summed E-state index contributed by atoms with van der Waals surface area (Å²) in [6, 6.07) is 12.2. The Morgan fingerprint density at radius 2 is 2.00 bits per heavy atom. The van der Waals surface area contributed by atoms with E-state index < -0.39 is 0 Å². The molecule has 4 rings (SSSR count). The summed E-state index contributed by atoms with van der Waals surface area (Å²) in [6.07, 6.45) is 1.73. The predicted molar refractivity (Wildman–Crippen MR) is 118 cm³/mol. The molecule has 2 heterocycles. The first kappa shape index (κ1) is 21.9. The number of benzene rings is 2. The fraction of sp³-hybridized carbons (Fsp3) is 0.227. The number of ether oxygens (including phenoxy) is 1. The number of carbonyl (C=O) groups is 2. The molecule has 1 N–H and O–H groups in total. The fourth-order valence-electron chi connectivity index (χ4n) is 3.34. The van der Waals surface area contributed by atoms with Crippen molar-refractivity contribution >= 4 is 29.7 Å². The van der Waals surface area contributed by atoms with Crippen molar-refractivity contribution in [2.45, 2.75) is 18.4 Å². The summed E-state index contributed by atoms with van der Waals surface area (Å²) in [6.45, 7) is 2.91. The van der Waals surface area contributed by atoms with Gasteiger partial charge in [-0.1, -0.05) is 0 Å². The molecule has 1 aliphatic rings. The second kappa shape index (κ2) is 9.43. The van der Waals surface area contributed by atoms with Gasteiger partial charge in [0.1, 0.15) is 11.5 Å². The van der Waals surface area contributed by atoms with Crippen molar-refractivity contribution in [1.82, 2.24) is 14.7 Å². The van der Waals surface area contributed by atoms with Gasteiger partial charge in [-0.05, 0) is 43.3 Å². The van der Waals surface area contributed by atoms with Crippen LogP contribution in [0.2, 0.25) is 0 Å². The molecule has 10 heteroatoms. The highest BCUT2D eigenvalue weighted by Crippen LogP contribution is 2.36. The van der Waals surface area contributed by atoms with Crippen LogP contribution in [-0.4, -0.2) is 40.1 Å². The number of fused-ring (bicyclic) bond motifs is 1. The minimum Gasteiger partial charge on any atom is -0.457 e. The molecule has 0 saturated carbocycles. The van der Waals surface area contributed by atoms with Gasteiger partial charge in [0.05, 0.1) is 25.7 Å². The zero-order valence-corrected chi connectivity index (χ0v) is 18.6. The van der Waals surface area contributed by atoms with E-state index in [0.717, 1.165) is 22.5 Å². The van der Waals surface area contributed by atoms with Crippen LogP contribution in [0.1, 0.15) is 33.2 Å². The molecule has 0 atom stereocenters. The number of aromatic nitrogens is 2. The third-order valence-corrected chi connectivity index (χ3v) is 5.59. The SMILES string of the molecule is CCN1Cc2c(Oc3ccc(SOOC)cc3)cc(C(=O)Nc3ccn(C)n3)cc2C1=O. The molecule has 0 aliphatic carbocycles.